The highest BCUT2D eigenvalue weighted by Crippen LogP contribution is 1.92. The van der Waals surface area contributed by atoms with Crippen molar-refractivity contribution in [3.05, 3.63) is 0 Å². The minimum absolute atomic E-state index is 0.174. The van der Waals surface area contributed by atoms with Gasteiger partial charge < -0.3 is 14.7 Å². The number of aliphatic hydroxyl groups is 1. The molecule has 1 N–H and O–H groups in total. The van der Waals surface area contributed by atoms with Crippen molar-refractivity contribution in [3.8, 4) is 0 Å². The molecule has 1 unspecified atom stereocenters. The minimum Gasteiger partial charge on any atom is -0.389 e. The molecular weight excluding hydrogens is 170 g/mol. The average molecular weight is 189 g/mol. The van der Waals surface area contributed by atoms with E-state index in [2.05, 4.69) is 0 Å². The van der Waals surface area contributed by atoms with Gasteiger partial charge in [0.15, 0.2) is 0 Å². The average Bonchev–Trinajstić information content (AvgIpc) is 2.01. The quantitative estimate of drug-likeness (QED) is 0.608. The van der Waals surface area contributed by atoms with Crippen LogP contribution in [0.2, 0.25) is 0 Å². The summed E-state index contributed by atoms with van der Waals surface area (Å²) in [4.78, 5) is 12.6. The van der Waals surface area contributed by atoms with E-state index in [1.54, 1.807) is 14.0 Å². The van der Waals surface area contributed by atoms with Gasteiger partial charge in [0.2, 0.25) is 0 Å². The number of carbonyl (C=O) groups excluding carboxylic acids is 1. The summed E-state index contributed by atoms with van der Waals surface area (Å²) in [6, 6.07) is 0. The Morgan fingerprint density at radius 3 is 2.69 bits per heavy atom. The zero-order valence-electron chi connectivity index (χ0n) is 8.62. The van der Waals surface area contributed by atoms with Gasteiger partial charge in [-0.2, -0.15) is 0 Å². The second-order valence-corrected chi connectivity index (χ2v) is 3.32. The third kappa shape index (κ3) is 7.90. The van der Waals surface area contributed by atoms with Crippen LogP contribution in [0, 0.1) is 0 Å². The summed E-state index contributed by atoms with van der Waals surface area (Å²) in [5, 5.41) is 9.33. The van der Waals surface area contributed by atoms with Crippen LogP contribution in [0.3, 0.4) is 0 Å². The van der Waals surface area contributed by atoms with Crippen LogP contribution in [0.4, 0.5) is 0 Å². The Morgan fingerprint density at radius 2 is 2.23 bits per heavy atom. The van der Waals surface area contributed by atoms with Crippen LogP contribution in [0.1, 0.15) is 13.3 Å². The first-order valence-electron chi connectivity index (χ1n) is 4.41. The standard InChI is InChI=1S/C9H19NO3/c1-8(11)4-5-10(2)6-9(12)7-13-3/h9,12H,4-7H2,1-3H3. The predicted octanol–water partition coefficient (Wildman–Crippen LogP) is -0.0954. The van der Waals surface area contributed by atoms with Crippen LogP contribution in [0.5, 0.6) is 0 Å². The fraction of sp³-hybridized carbons (Fsp3) is 0.889. The van der Waals surface area contributed by atoms with Crippen molar-refractivity contribution in [2.45, 2.75) is 19.4 Å². The molecule has 4 nitrogen and oxygen atoms in total. The van der Waals surface area contributed by atoms with E-state index in [0.29, 0.717) is 26.1 Å². The molecule has 4 heteroatoms. The summed E-state index contributed by atoms with van der Waals surface area (Å²) in [6.07, 6.45) is 0.0675. The molecule has 0 bridgehead atoms. The molecule has 13 heavy (non-hydrogen) atoms. The van der Waals surface area contributed by atoms with Crippen molar-refractivity contribution in [2.24, 2.45) is 0 Å². The highest BCUT2D eigenvalue weighted by atomic mass is 16.5. The maximum Gasteiger partial charge on any atom is 0.131 e. The summed E-state index contributed by atoms with van der Waals surface area (Å²) in [5.41, 5.74) is 0. The number of hydrogen-bond acceptors (Lipinski definition) is 4. The molecule has 0 aliphatic rings. The molecule has 0 fully saturated rings. The van der Waals surface area contributed by atoms with Crippen LogP contribution >= 0.6 is 0 Å². The normalized spacial score (nSPS) is 13.3. The Kier molecular flexibility index (Phi) is 6.76. The lowest BCUT2D eigenvalue weighted by molar-refractivity contribution is -0.117. The van der Waals surface area contributed by atoms with Crippen LogP contribution in [0.25, 0.3) is 0 Å². The Hall–Kier alpha value is -0.450. The second-order valence-electron chi connectivity index (χ2n) is 3.32. The number of methoxy groups -OCH3 is 1. The number of carbonyl (C=O) groups is 1. The molecule has 0 radical (unpaired) electrons. The number of rotatable bonds is 7. The van der Waals surface area contributed by atoms with Gasteiger partial charge in [0.25, 0.3) is 0 Å². The molecule has 0 saturated carbocycles. The van der Waals surface area contributed by atoms with Crippen molar-refractivity contribution in [2.75, 3.05) is 33.9 Å². The van der Waals surface area contributed by atoms with E-state index in [9.17, 15) is 9.90 Å². The number of aliphatic hydroxyl groups excluding tert-OH is 1. The zero-order chi connectivity index (χ0) is 10.3. The van der Waals surface area contributed by atoms with E-state index in [1.165, 1.54) is 0 Å². The third-order valence-electron chi connectivity index (χ3n) is 1.73. The van der Waals surface area contributed by atoms with Crippen LogP contribution in [-0.2, 0) is 9.53 Å². The molecule has 0 amide bonds. The van der Waals surface area contributed by atoms with E-state index in [0.717, 1.165) is 0 Å². The molecule has 0 spiro atoms. The molecule has 0 rings (SSSR count). The van der Waals surface area contributed by atoms with Gasteiger partial charge in [-0.15, -0.1) is 0 Å². The third-order valence-corrected chi connectivity index (χ3v) is 1.73. The van der Waals surface area contributed by atoms with Crippen molar-refractivity contribution in [1.82, 2.24) is 4.90 Å². The Bertz CT molecular complexity index is 150. The number of ether oxygens (including phenoxy) is 1. The largest absolute Gasteiger partial charge is 0.389 e. The first-order chi connectivity index (χ1) is 6.06. The number of nitrogens with zero attached hydrogens (tertiary/aromatic N) is 1. The summed E-state index contributed by atoms with van der Waals surface area (Å²) < 4.78 is 4.79. The molecule has 0 heterocycles. The number of likely N-dealkylation sites (N-methyl/N-ethyl adjacent to an activating group) is 1. The summed E-state index contributed by atoms with van der Waals surface area (Å²) in [6.45, 7) is 3.14. The zero-order valence-corrected chi connectivity index (χ0v) is 8.62. The molecule has 0 aliphatic carbocycles. The van der Waals surface area contributed by atoms with Crippen molar-refractivity contribution in [3.63, 3.8) is 0 Å². The highest BCUT2D eigenvalue weighted by Gasteiger charge is 2.07. The Labute approximate surface area is 79.5 Å². The fourth-order valence-corrected chi connectivity index (χ4v) is 1.04. The number of hydrogen-bond donors (Lipinski definition) is 1. The smallest absolute Gasteiger partial charge is 0.131 e. The predicted molar refractivity (Wildman–Crippen MR) is 50.7 cm³/mol. The van der Waals surface area contributed by atoms with Gasteiger partial charge in [-0.1, -0.05) is 0 Å². The van der Waals surface area contributed by atoms with Crippen molar-refractivity contribution >= 4 is 5.78 Å². The lowest BCUT2D eigenvalue weighted by Gasteiger charge is -2.19. The van der Waals surface area contributed by atoms with Crippen molar-refractivity contribution in [1.29, 1.82) is 0 Å². The molecule has 0 saturated heterocycles. The van der Waals surface area contributed by atoms with E-state index < -0.39 is 6.10 Å². The lowest BCUT2D eigenvalue weighted by Crippen LogP contribution is -2.33. The van der Waals surface area contributed by atoms with Crippen molar-refractivity contribution < 1.29 is 14.6 Å². The topological polar surface area (TPSA) is 49.8 Å². The fourth-order valence-electron chi connectivity index (χ4n) is 1.04. The highest BCUT2D eigenvalue weighted by molar-refractivity contribution is 5.75. The van der Waals surface area contributed by atoms with E-state index >= 15 is 0 Å². The first-order valence-corrected chi connectivity index (χ1v) is 4.41. The maximum absolute atomic E-state index is 10.6. The van der Waals surface area contributed by atoms with Gasteiger partial charge >= 0.3 is 0 Å². The van der Waals surface area contributed by atoms with Gasteiger partial charge in [-0.25, -0.2) is 0 Å². The minimum atomic E-state index is -0.470. The van der Waals surface area contributed by atoms with Gasteiger partial charge in [0, 0.05) is 26.6 Å². The van der Waals surface area contributed by atoms with E-state index in [-0.39, 0.29) is 5.78 Å². The Balaban J connectivity index is 3.48. The summed E-state index contributed by atoms with van der Waals surface area (Å²) in [5.74, 6) is 0.174. The molecule has 0 aliphatic heterocycles. The number of Topliss-reactive ketones (excluding diaryl/α,β-unsaturated/α-hetero) is 1. The first kappa shape index (κ1) is 12.6. The molecule has 0 aromatic heterocycles. The molecule has 78 valence electrons. The van der Waals surface area contributed by atoms with E-state index in [4.69, 9.17) is 4.74 Å². The molecule has 0 aromatic carbocycles. The molecular formula is C9H19NO3. The van der Waals surface area contributed by atoms with Crippen LogP contribution in [-0.4, -0.2) is 55.7 Å². The molecule has 0 aromatic rings. The lowest BCUT2D eigenvalue weighted by atomic mass is 10.3. The number of ketones is 1. The summed E-state index contributed by atoms with van der Waals surface area (Å²) in [7, 11) is 3.43. The van der Waals surface area contributed by atoms with E-state index in [1.807, 2.05) is 11.9 Å². The van der Waals surface area contributed by atoms with Gasteiger partial charge in [-0.05, 0) is 14.0 Å². The van der Waals surface area contributed by atoms with Gasteiger partial charge in [0.1, 0.15) is 5.78 Å². The maximum atomic E-state index is 10.6. The van der Waals surface area contributed by atoms with Gasteiger partial charge in [-0.3, -0.25) is 4.79 Å². The van der Waals surface area contributed by atoms with Crippen LogP contribution in [0.15, 0.2) is 0 Å². The van der Waals surface area contributed by atoms with Crippen LogP contribution < -0.4 is 0 Å². The second kappa shape index (κ2) is 7.00. The monoisotopic (exact) mass is 189 g/mol. The Morgan fingerprint density at radius 1 is 1.62 bits per heavy atom. The van der Waals surface area contributed by atoms with Gasteiger partial charge in [0.05, 0.1) is 12.7 Å². The molecule has 1 atom stereocenters. The SMILES string of the molecule is COCC(O)CN(C)CCC(C)=O. The summed E-state index contributed by atoms with van der Waals surface area (Å²) >= 11 is 0.